The first-order valence-corrected chi connectivity index (χ1v) is 10.6. The van der Waals surface area contributed by atoms with Gasteiger partial charge < -0.3 is 14.4 Å². The molecule has 3 rings (SSSR count). The van der Waals surface area contributed by atoms with Crippen molar-refractivity contribution in [1.29, 1.82) is 0 Å². The minimum Gasteiger partial charge on any atom is -0.490 e. The molecule has 0 aliphatic carbocycles. The average molecular weight is 409 g/mol. The van der Waals surface area contributed by atoms with Crippen LogP contribution in [0.1, 0.15) is 6.42 Å². The predicted molar refractivity (Wildman–Crippen MR) is 104 cm³/mol. The second kappa shape index (κ2) is 8.10. The van der Waals surface area contributed by atoms with E-state index in [1.165, 1.54) is 17.0 Å². The highest BCUT2D eigenvalue weighted by atomic mass is 32.2. The van der Waals surface area contributed by atoms with Crippen LogP contribution in [0, 0.1) is 0 Å². The molecule has 2 aromatic carbocycles. The molecule has 1 aliphatic heterocycles. The topological polar surface area (TPSA) is 84.9 Å². The average Bonchev–Trinajstić information content (AvgIpc) is 2.87. The number of hydrogen-bond acceptors (Lipinski definition) is 6. The number of carbonyl (C=O) groups excluding carboxylic acids is 1. The standard InChI is InChI=1S/C18H20N2O5S2/c1-20(2)18(21)26-17-7-4-3-6-14(17)19-27(22,23)13-8-9-15-16(12-13)25-11-5-10-24-15/h3-4,6-9,12,19H,5,10-11H2,1-2H3. The van der Waals surface area contributed by atoms with Gasteiger partial charge >= 0.3 is 0 Å². The smallest absolute Gasteiger partial charge is 0.286 e. The first-order chi connectivity index (χ1) is 12.9. The van der Waals surface area contributed by atoms with Crippen LogP contribution in [0.25, 0.3) is 0 Å². The summed E-state index contributed by atoms with van der Waals surface area (Å²) in [5.41, 5.74) is 0.338. The number of nitrogens with zero attached hydrogens (tertiary/aromatic N) is 1. The maximum absolute atomic E-state index is 12.8. The van der Waals surface area contributed by atoms with Crippen LogP contribution in [0.3, 0.4) is 0 Å². The zero-order chi connectivity index (χ0) is 19.4. The first kappa shape index (κ1) is 19.4. The van der Waals surface area contributed by atoms with Gasteiger partial charge in [0.2, 0.25) is 0 Å². The van der Waals surface area contributed by atoms with Crippen molar-refractivity contribution in [1.82, 2.24) is 4.90 Å². The molecule has 0 spiro atoms. The van der Waals surface area contributed by atoms with Crippen molar-refractivity contribution in [3.8, 4) is 11.5 Å². The number of fused-ring (bicyclic) bond motifs is 1. The monoisotopic (exact) mass is 408 g/mol. The first-order valence-electron chi connectivity index (χ1n) is 8.27. The maximum atomic E-state index is 12.8. The number of benzene rings is 2. The van der Waals surface area contributed by atoms with E-state index in [1.54, 1.807) is 44.4 Å². The van der Waals surface area contributed by atoms with Gasteiger partial charge in [0.25, 0.3) is 15.3 Å². The van der Waals surface area contributed by atoms with Crippen LogP contribution in [0.4, 0.5) is 10.5 Å². The molecule has 0 fully saturated rings. The normalized spacial score (nSPS) is 13.6. The number of ether oxygens (including phenoxy) is 2. The molecular formula is C18H20N2O5S2. The van der Waals surface area contributed by atoms with Gasteiger partial charge in [-0.15, -0.1) is 0 Å². The van der Waals surface area contributed by atoms with Crippen molar-refractivity contribution >= 4 is 32.7 Å². The van der Waals surface area contributed by atoms with E-state index in [2.05, 4.69) is 4.72 Å². The lowest BCUT2D eigenvalue weighted by Gasteiger charge is -2.15. The number of thioether (sulfide) groups is 1. The molecule has 0 saturated carbocycles. The van der Waals surface area contributed by atoms with Crippen molar-refractivity contribution in [3.63, 3.8) is 0 Å². The fraction of sp³-hybridized carbons (Fsp3) is 0.278. The molecular weight excluding hydrogens is 388 g/mol. The molecule has 0 radical (unpaired) electrons. The number of nitrogens with one attached hydrogen (secondary N) is 1. The number of sulfonamides is 1. The Kier molecular flexibility index (Phi) is 5.81. The Morgan fingerprint density at radius 1 is 1.07 bits per heavy atom. The van der Waals surface area contributed by atoms with E-state index < -0.39 is 10.0 Å². The lowest BCUT2D eigenvalue weighted by molar-refractivity contribution is 0.241. The highest BCUT2D eigenvalue weighted by Gasteiger charge is 2.21. The predicted octanol–water partition coefficient (Wildman–Crippen LogP) is 3.42. The second-order valence-corrected chi connectivity index (χ2v) is 8.70. The van der Waals surface area contributed by atoms with Gasteiger partial charge in [-0.25, -0.2) is 8.42 Å². The van der Waals surface area contributed by atoms with Crippen molar-refractivity contribution in [2.45, 2.75) is 16.2 Å². The van der Waals surface area contributed by atoms with E-state index in [0.29, 0.717) is 35.3 Å². The van der Waals surface area contributed by atoms with Gasteiger partial charge in [0.1, 0.15) is 0 Å². The van der Waals surface area contributed by atoms with Crippen molar-refractivity contribution in [2.75, 3.05) is 32.0 Å². The van der Waals surface area contributed by atoms with Crippen LogP contribution in [0.2, 0.25) is 0 Å². The molecule has 0 bridgehead atoms. The van der Waals surface area contributed by atoms with Crippen LogP contribution < -0.4 is 14.2 Å². The zero-order valence-corrected chi connectivity index (χ0v) is 16.6. The summed E-state index contributed by atoms with van der Waals surface area (Å²) >= 11 is 0.955. The summed E-state index contributed by atoms with van der Waals surface area (Å²) in [6.45, 7) is 0.998. The molecule has 9 heteroatoms. The summed E-state index contributed by atoms with van der Waals surface area (Å²) in [4.78, 5) is 14.0. The third-order valence-electron chi connectivity index (χ3n) is 3.72. The van der Waals surface area contributed by atoms with E-state index in [9.17, 15) is 13.2 Å². The number of carbonyl (C=O) groups is 1. The Bertz CT molecular complexity index is 945. The van der Waals surface area contributed by atoms with Crippen LogP contribution in [-0.2, 0) is 10.0 Å². The summed E-state index contributed by atoms with van der Waals surface area (Å²) in [7, 11) is -0.584. The SMILES string of the molecule is CN(C)C(=O)Sc1ccccc1NS(=O)(=O)c1ccc2c(c1)OCCCO2. The maximum Gasteiger partial charge on any atom is 0.286 e. The zero-order valence-electron chi connectivity index (χ0n) is 15.0. The third kappa shape index (κ3) is 4.67. The minimum absolute atomic E-state index is 0.0606. The van der Waals surface area contributed by atoms with Gasteiger partial charge in [0.15, 0.2) is 11.5 Å². The van der Waals surface area contributed by atoms with Crippen LogP contribution >= 0.6 is 11.8 Å². The van der Waals surface area contributed by atoms with E-state index in [-0.39, 0.29) is 10.1 Å². The molecule has 1 aliphatic rings. The molecule has 0 unspecified atom stereocenters. The Balaban J connectivity index is 1.87. The van der Waals surface area contributed by atoms with E-state index in [1.807, 2.05) is 0 Å². The lowest BCUT2D eigenvalue weighted by atomic mass is 10.3. The Morgan fingerprint density at radius 3 is 2.52 bits per heavy atom. The van der Waals surface area contributed by atoms with Gasteiger partial charge in [0, 0.05) is 31.5 Å². The summed E-state index contributed by atoms with van der Waals surface area (Å²) in [5, 5.41) is -0.197. The molecule has 7 nitrogen and oxygen atoms in total. The van der Waals surface area contributed by atoms with Crippen molar-refractivity contribution in [2.24, 2.45) is 0 Å². The highest BCUT2D eigenvalue weighted by molar-refractivity contribution is 8.13. The highest BCUT2D eigenvalue weighted by Crippen LogP contribution is 2.34. The number of para-hydroxylation sites is 1. The molecule has 0 aromatic heterocycles. The quantitative estimate of drug-likeness (QED) is 0.781. The second-order valence-electron chi connectivity index (χ2n) is 6.02. The summed E-state index contributed by atoms with van der Waals surface area (Å²) < 4.78 is 39.3. The summed E-state index contributed by atoms with van der Waals surface area (Å²) in [5.74, 6) is 0.930. The molecule has 0 atom stereocenters. The minimum atomic E-state index is -3.86. The fourth-order valence-electron chi connectivity index (χ4n) is 2.34. The third-order valence-corrected chi connectivity index (χ3v) is 6.20. The van der Waals surface area contributed by atoms with Gasteiger partial charge in [-0.05, 0) is 36.0 Å². The number of hydrogen-bond donors (Lipinski definition) is 1. The van der Waals surface area contributed by atoms with Crippen molar-refractivity contribution in [3.05, 3.63) is 42.5 Å². The van der Waals surface area contributed by atoms with E-state index >= 15 is 0 Å². The summed E-state index contributed by atoms with van der Waals surface area (Å²) in [6.07, 6.45) is 0.736. The van der Waals surface area contributed by atoms with Crippen LogP contribution in [0.5, 0.6) is 11.5 Å². The number of anilines is 1. The molecule has 1 heterocycles. The van der Waals surface area contributed by atoms with E-state index in [0.717, 1.165) is 18.2 Å². The Morgan fingerprint density at radius 2 is 1.78 bits per heavy atom. The van der Waals surface area contributed by atoms with Gasteiger partial charge in [-0.1, -0.05) is 12.1 Å². The van der Waals surface area contributed by atoms with Crippen LogP contribution in [-0.4, -0.2) is 45.9 Å². The Labute approximate surface area is 162 Å². The largest absolute Gasteiger partial charge is 0.490 e. The molecule has 144 valence electrons. The van der Waals surface area contributed by atoms with Gasteiger partial charge in [0.05, 0.1) is 23.8 Å². The van der Waals surface area contributed by atoms with Crippen molar-refractivity contribution < 1.29 is 22.7 Å². The van der Waals surface area contributed by atoms with Gasteiger partial charge in [-0.2, -0.15) is 0 Å². The molecule has 1 N–H and O–H groups in total. The number of rotatable bonds is 4. The number of amides is 1. The van der Waals surface area contributed by atoms with Gasteiger partial charge in [-0.3, -0.25) is 9.52 Å². The van der Waals surface area contributed by atoms with E-state index in [4.69, 9.17) is 9.47 Å². The fourth-order valence-corrected chi connectivity index (χ4v) is 4.25. The molecule has 0 saturated heterocycles. The van der Waals surface area contributed by atoms with Crippen LogP contribution in [0.15, 0.2) is 52.3 Å². The Hall–Kier alpha value is -2.39. The molecule has 2 aromatic rings. The molecule has 1 amide bonds. The summed E-state index contributed by atoms with van der Waals surface area (Å²) in [6, 6.07) is 11.3. The lowest BCUT2D eigenvalue weighted by Crippen LogP contribution is -2.17. The molecule has 27 heavy (non-hydrogen) atoms.